The number of hydrogen-bond acceptors (Lipinski definition) is 5. The molecule has 3 aromatic carbocycles. The minimum atomic E-state index is -1.09. The fraction of sp³-hybridized carbons (Fsp3) is 0.129. The van der Waals surface area contributed by atoms with E-state index in [9.17, 15) is 18.8 Å². The lowest BCUT2D eigenvalue weighted by Gasteiger charge is -2.16. The summed E-state index contributed by atoms with van der Waals surface area (Å²) in [6.45, 7) is 1.78. The molecule has 0 aliphatic heterocycles. The van der Waals surface area contributed by atoms with Crippen LogP contribution in [0.4, 0.5) is 10.1 Å². The number of carbonyl (C=O) groups excluding carboxylic acids is 2. The van der Waals surface area contributed by atoms with Crippen LogP contribution in [0.15, 0.2) is 85.2 Å². The molecule has 1 unspecified atom stereocenters. The SMILES string of the molecule is CC(NC(=O)c1cc(NC(=O)CCC(=O)O)cc(-c2cnc(-c3cc4ccccc4cn3)[nH]2)c1)c1ccc(F)cc1. The Bertz CT molecular complexity index is 1750. The second-order valence-corrected chi connectivity index (χ2v) is 9.55. The zero-order chi connectivity index (χ0) is 28.9. The number of halogens is 1. The van der Waals surface area contributed by atoms with E-state index in [0.717, 1.165) is 16.3 Å². The van der Waals surface area contributed by atoms with Gasteiger partial charge in [-0.1, -0.05) is 36.4 Å². The van der Waals surface area contributed by atoms with Crippen molar-refractivity contribution < 1.29 is 23.9 Å². The van der Waals surface area contributed by atoms with Crippen molar-refractivity contribution in [2.75, 3.05) is 5.32 Å². The molecule has 0 aliphatic rings. The molecule has 0 saturated carbocycles. The van der Waals surface area contributed by atoms with Crippen molar-refractivity contribution in [2.24, 2.45) is 0 Å². The zero-order valence-electron chi connectivity index (χ0n) is 22.0. The van der Waals surface area contributed by atoms with Crippen molar-refractivity contribution in [3.05, 3.63) is 102 Å². The van der Waals surface area contributed by atoms with Gasteiger partial charge in [0.2, 0.25) is 5.91 Å². The first-order valence-electron chi connectivity index (χ1n) is 12.9. The van der Waals surface area contributed by atoms with Crippen molar-refractivity contribution in [3.8, 4) is 22.8 Å². The van der Waals surface area contributed by atoms with Crippen LogP contribution in [0.2, 0.25) is 0 Å². The lowest BCUT2D eigenvalue weighted by atomic mass is 10.0. The molecule has 0 spiro atoms. The first kappa shape index (κ1) is 27.2. The standard InChI is InChI=1S/C31H26FN5O4/c1-18(19-6-8-24(32)9-7-19)35-31(41)23-12-22(13-25(14-23)36-28(38)10-11-29(39)40)27-17-34-30(37-27)26-15-20-4-2-3-5-21(20)16-33-26/h2-9,12-18H,10-11H2,1H3,(H,34,37)(H,35,41)(H,36,38)(H,39,40). The molecule has 5 rings (SSSR count). The van der Waals surface area contributed by atoms with Crippen LogP contribution in [-0.4, -0.2) is 37.8 Å². The van der Waals surface area contributed by atoms with E-state index in [1.807, 2.05) is 30.3 Å². The molecule has 2 aromatic heterocycles. The topological polar surface area (TPSA) is 137 Å². The number of carboxylic acid groups (broad SMARTS) is 1. The molecule has 0 radical (unpaired) electrons. The van der Waals surface area contributed by atoms with Gasteiger partial charge in [-0.3, -0.25) is 19.4 Å². The number of aliphatic carboxylic acids is 1. The molecule has 10 heteroatoms. The van der Waals surface area contributed by atoms with Crippen LogP contribution < -0.4 is 10.6 Å². The van der Waals surface area contributed by atoms with Gasteiger partial charge in [-0.2, -0.15) is 0 Å². The fourth-order valence-corrected chi connectivity index (χ4v) is 4.36. The molecule has 0 bridgehead atoms. The summed E-state index contributed by atoms with van der Waals surface area (Å²) in [5, 5.41) is 16.5. The number of H-pyrrole nitrogens is 1. The van der Waals surface area contributed by atoms with E-state index in [4.69, 9.17) is 5.11 Å². The Hall–Kier alpha value is -5.38. The molecule has 206 valence electrons. The smallest absolute Gasteiger partial charge is 0.303 e. The second kappa shape index (κ2) is 11.8. The van der Waals surface area contributed by atoms with Crippen molar-refractivity contribution in [1.82, 2.24) is 20.3 Å². The molecule has 9 nitrogen and oxygen atoms in total. The number of fused-ring (bicyclic) bond motifs is 1. The molecular weight excluding hydrogens is 525 g/mol. The van der Waals surface area contributed by atoms with Crippen LogP contribution in [0.1, 0.15) is 41.7 Å². The maximum absolute atomic E-state index is 13.3. The van der Waals surface area contributed by atoms with Crippen molar-refractivity contribution in [1.29, 1.82) is 0 Å². The van der Waals surface area contributed by atoms with Crippen LogP contribution in [0, 0.1) is 5.82 Å². The highest BCUT2D eigenvalue weighted by Gasteiger charge is 2.17. The monoisotopic (exact) mass is 551 g/mol. The predicted molar refractivity (Wildman–Crippen MR) is 153 cm³/mol. The number of pyridine rings is 1. The van der Waals surface area contributed by atoms with E-state index in [2.05, 4.69) is 25.6 Å². The van der Waals surface area contributed by atoms with E-state index in [1.165, 1.54) is 18.2 Å². The fourth-order valence-electron chi connectivity index (χ4n) is 4.36. The zero-order valence-corrected chi connectivity index (χ0v) is 22.0. The van der Waals surface area contributed by atoms with Gasteiger partial charge >= 0.3 is 5.97 Å². The number of benzene rings is 3. The number of nitrogens with zero attached hydrogens (tertiary/aromatic N) is 2. The Morgan fingerprint density at radius 1 is 0.927 bits per heavy atom. The summed E-state index contributed by atoms with van der Waals surface area (Å²) in [6.07, 6.45) is 2.84. The molecule has 4 N–H and O–H groups in total. The van der Waals surface area contributed by atoms with E-state index in [-0.39, 0.29) is 24.2 Å². The summed E-state index contributed by atoms with van der Waals surface area (Å²) in [4.78, 5) is 48.8. The third-order valence-corrected chi connectivity index (χ3v) is 6.52. The van der Waals surface area contributed by atoms with Gasteiger partial charge in [-0.15, -0.1) is 0 Å². The van der Waals surface area contributed by atoms with E-state index in [1.54, 1.807) is 43.6 Å². The van der Waals surface area contributed by atoms with Gasteiger partial charge in [0.15, 0.2) is 5.82 Å². The summed E-state index contributed by atoms with van der Waals surface area (Å²) in [5.41, 5.74) is 3.08. The van der Waals surface area contributed by atoms with Crippen LogP contribution >= 0.6 is 0 Å². The summed E-state index contributed by atoms with van der Waals surface area (Å²) in [7, 11) is 0. The number of amides is 2. The summed E-state index contributed by atoms with van der Waals surface area (Å²) >= 11 is 0. The molecule has 5 aromatic rings. The van der Waals surface area contributed by atoms with Crippen LogP contribution in [-0.2, 0) is 9.59 Å². The van der Waals surface area contributed by atoms with E-state index < -0.39 is 23.8 Å². The first-order chi connectivity index (χ1) is 19.7. The van der Waals surface area contributed by atoms with E-state index >= 15 is 0 Å². The number of hydrogen-bond donors (Lipinski definition) is 4. The molecular formula is C31H26FN5O4. The first-order valence-corrected chi connectivity index (χ1v) is 12.9. The van der Waals surface area contributed by atoms with Gasteiger partial charge in [0.25, 0.3) is 5.91 Å². The quantitative estimate of drug-likeness (QED) is 0.185. The van der Waals surface area contributed by atoms with Gasteiger partial charge in [0.1, 0.15) is 11.5 Å². The maximum atomic E-state index is 13.3. The number of nitrogens with one attached hydrogen (secondary N) is 3. The highest BCUT2D eigenvalue weighted by atomic mass is 19.1. The predicted octanol–water partition coefficient (Wildman–Crippen LogP) is 5.73. The average molecular weight is 552 g/mol. The number of carbonyl (C=O) groups is 3. The number of imidazole rings is 1. The van der Waals surface area contributed by atoms with Gasteiger partial charge in [-0.05, 0) is 54.3 Å². The lowest BCUT2D eigenvalue weighted by molar-refractivity contribution is -0.138. The van der Waals surface area contributed by atoms with Crippen molar-refractivity contribution in [2.45, 2.75) is 25.8 Å². The van der Waals surface area contributed by atoms with Crippen molar-refractivity contribution in [3.63, 3.8) is 0 Å². The van der Waals surface area contributed by atoms with Crippen molar-refractivity contribution >= 4 is 34.2 Å². The number of aromatic nitrogens is 3. The number of aromatic amines is 1. The molecule has 0 aliphatic carbocycles. The van der Waals surface area contributed by atoms with Crippen LogP contribution in [0.5, 0.6) is 0 Å². The molecule has 0 fully saturated rings. The minimum Gasteiger partial charge on any atom is -0.481 e. The van der Waals surface area contributed by atoms with Gasteiger partial charge in [0, 0.05) is 34.8 Å². The third-order valence-electron chi connectivity index (χ3n) is 6.52. The third kappa shape index (κ3) is 6.62. The Morgan fingerprint density at radius 2 is 1.68 bits per heavy atom. The average Bonchev–Trinajstić information content (AvgIpc) is 3.46. The molecule has 2 amide bonds. The Morgan fingerprint density at radius 3 is 2.44 bits per heavy atom. The van der Waals surface area contributed by atoms with Gasteiger partial charge < -0.3 is 20.7 Å². The number of anilines is 1. The highest BCUT2D eigenvalue weighted by Crippen LogP contribution is 2.27. The molecule has 1 atom stereocenters. The highest BCUT2D eigenvalue weighted by molar-refractivity contribution is 5.99. The van der Waals surface area contributed by atoms with Crippen LogP contribution in [0.3, 0.4) is 0 Å². The number of rotatable bonds is 9. The summed E-state index contributed by atoms with van der Waals surface area (Å²) < 4.78 is 13.3. The molecule has 2 heterocycles. The second-order valence-electron chi connectivity index (χ2n) is 9.55. The Balaban J connectivity index is 1.45. The molecule has 0 saturated heterocycles. The molecule has 41 heavy (non-hydrogen) atoms. The normalized spacial score (nSPS) is 11.7. The largest absolute Gasteiger partial charge is 0.481 e. The van der Waals surface area contributed by atoms with Crippen LogP contribution in [0.25, 0.3) is 33.5 Å². The Labute approximate surface area is 234 Å². The van der Waals surface area contributed by atoms with E-state index in [0.29, 0.717) is 28.5 Å². The number of carboxylic acids is 1. The Kier molecular flexibility index (Phi) is 7.82. The van der Waals surface area contributed by atoms with Gasteiger partial charge in [-0.25, -0.2) is 9.37 Å². The summed E-state index contributed by atoms with van der Waals surface area (Å²) in [5.74, 6) is -1.85. The maximum Gasteiger partial charge on any atom is 0.303 e. The summed E-state index contributed by atoms with van der Waals surface area (Å²) in [6, 6.07) is 20.0. The minimum absolute atomic E-state index is 0.218. The van der Waals surface area contributed by atoms with Gasteiger partial charge in [0.05, 0.1) is 24.4 Å². The lowest BCUT2D eigenvalue weighted by Crippen LogP contribution is -2.27.